The number of hydrogen-bond donors (Lipinski definition) is 1. The Labute approximate surface area is 103 Å². The molecule has 0 radical (unpaired) electrons. The quantitative estimate of drug-likeness (QED) is 0.878. The Morgan fingerprint density at radius 1 is 1.17 bits per heavy atom. The maximum Gasteiger partial charge on any atom is 0.337 e. The monoisotopic (exact) mass is 245 g/mol. The Kier molecular flexibility index (Phi) is 3.43. The average Bonchev–Trinajstić information content (AvgIpc) is 2.38. The molecule has 2 rings (SSSR count). The fourth-order valence-corrected chi connectivity index (χ4v) is 1.41. The van der Waals surface area contributed by atoms with Crippen LogP contribution in [0.25, 0.3) is 0 Å². The van der Waals surface area contributed by atoms with Crippen LogP contribution in [0.15, 0.2) is 53.5 Å². The Hall–Kier alpha value is -2.56. The van der Waals surface area contributed by atoms with Crippen molar-refractivity contribution in [3.63, 3.8) is 0 Å². The van der Waals surface area contributed by atoms with Gasteiger partial charge in [0, 0.05) is 6.07 Å². The summed E-state index contributed by atoms with van der Waals surface area (Å²) in [6.07, 6.45) is 1.16. The van der Waals surface area contributed by atoms with E-state index in [-0.39, 0.29) is 12.2 Å². The third-order valence-electron chi connectivity index (χ3n) is 2.34. The van der Waals surface area contributed by atoms with Crippen molar-refractivity contribution in [2.24, 2.45) is 0 Å². The van der Waals surface area contributed by atoms with Crippen LogP contribution in [0.2, 0.25) is 0 Å². The minimum Gasteiger partial charge on any atom is -0.478 e. The van der Waals surface area contributed by atoms with Crippen molar-refractivity contribution in [1.82, 2.24) is 4.73 Å². The fraction of sp³-hybridized carbons (Fsp3) is 0.0769. The second-order valence-corrected chi connectivity index (χ2v) is 3.65. The van der Waals surface area contributed by atoms with Gasteiger partial charge >= 0.3 is 5.97 Å². The topological polar surface area (TPSA) is 68.5 Å². The highest BCUT2D eigenvalue weighted by Crippen LogP contribution is 1.99. The highest BCUT2D eigenvalue weighted by atomic mass is 16.7. The molecule has 18 heavy (non-hydrogen) atoms. The van der Waals surface area contributed by atoms with Gasteiger partial charge < -0.3 is 9.94 Å². The molecule has 0 unspecified atom stereocenters. The first-order valence-electron chi connectivity index (χ1n) is 5.30. The standard InChI is InChI=1S/C13H11NO4/c15-12-7-6-11(13(16)17)8-14(12)18-9-10-4-2-1-3-5-10/h1-8H,9H2,(H,16,17). The van der Waals surface area contributed by atoms with Gasteiger partial charge in [-0.05, 0) is 11.6 Å². The number of carboxylic acid groups (broad SMARTS) is 1. The normalized spacial score (nSPS) is 10.0. The summed E-state index contributed by atoms with van der Waals surface area (Å²) in [5, 5.41) is 8.81. The number of rotatable bonds is 4. The van der Waals surface area contributed by atoms with Crippen molar-refractivity contribution in [1.29, 1.82) is 0 Å². The molecule has 0 spiro atoms. The smallest absolute Gasteiger partial charge is 0.337 e. The van der Waals surface area contributed by atoms with E-state index in [2.05, 4.69) is 0 Å². The van der Waals surface area contributed by atoms with E-state index in [1.165, 1.54) is 6.07 Å². The summed E-state index contributed by atoms with van der Waals surface area (Å²) >= 11 is 0. The second-order valence-electron chi connectivity index (χ2n) is 3.65. The number of benzene rings is 1. The van der Waals surface area contributed by atoms with Gasteiger partial charge in [0.1, 0.15) is 6.61 Å². The van der Waals surface area contributed by atoms with E-state index in [0.717, 1.165) is 22.6 Å². The summed E-state index contributed by atoms with van der Waals surface area (Å²) in [7, 11) is 0. The number of aromatic nitrogens is 1. The Bertz CT molecular complexity index is 604. The molecule has 0 saturated heterocycles. The Morgan fingerprint density at radius 2 is 1.89 bits per heavy atom. The summed E-state index contributed by atoms with van der Waals surface area (Å²) in [4.78, 5) is 27.5. The highest BCUT2D eigenvalue weighted by molar-refractivity contribution is 5.87. The van der Waals surface area contributed by atoms with E-state index in [1.54, 1.807) is 0 Å². The van der Waals surface area contributed by atoms with Crippen LogP contribution < -0.4 is 10.4 Å². The van der Waals surface area contributed by atoms with Crippen molar-refractivity contribution in [2.75, 3.05) is 0 Å². The average molecular weight is 245 g/mol. The van der Waals surface area contributed by atoms with Gasteiger partial charge in [0.15, 0.2) is 0 Å². The van der Waals surface area contributed by atoms with Gasteiger partial charge in [-0.1, -0.05) is 30.3 Å². The zero-order valence-corrected chi connectivity index (χ0v) is 9.45. The first-order chi connectivity index (χ1) is 8.66. The molecule has 0 saturated carbocycles. The number of aromatic carboxylic acids is 1. The van der Waals surface area contributed by atoms with Gasteiger partial charge in [0.25, 0.3) is 5.56 Å². The molecular formula is C13H11NO4. The zero-order valence-electron chi connectivity index (χ0n) is 9.45. The molecule has 1 aromatic carbocycles. The molecule has 0 atom stereocenters. The third kappa shape index (κ3) is 2.76. The van der Waals surface area contributed by atoms with Gasteiger partial charge in [-0.15, -0.1) is 0 Å². The maximum absolute atomic E-state index is 11.5. The molecule has 0 fully saturated rings. The van der Waals surface area contributed by atoms with Crippen LogP contribution in [0.3, 0.4) is 0 Å². The second kappa shape index (κ2) is 5.18. The summed E-state index contributed by atoms with van der Waals surface area (Å²) in [5.74, 6) is -1.10. The van der Waals surface area contributed by atoms with Gasteiger partial charge in [-0.25, -0.2) is 4.79 Å². The van der Waals surface area contributed by atoms with E-state index >= 15 is 0 Å². The number of carboxylic acids is 1. The van der Waals surface area contributed by atoms with Crippen molar-refractivity contribution in [2.45, 2.75) is 6.61 Å². The molecule has 5 nitrogen and oxygen atoms in total. The number of nitrogens with zero attached hydrogens (tertiary/aromatic N) is 1. The largest absolute Gasteiger partial charge is 0.478 e. The summed E-state index contributed by atoms with van der Waals surface area (Å²) in [6, 6.07) is 11.7. The third-order valence-corrected chi connectivity index (χ3v) is 2.34. The fourth-order valence-electron chi connectivity index (χ4n) is 1.41. The Morgan fingerprint density at radius 3 is 2.56 bits per heavy atom. The zero-order chi connectivity index (χ0) is 13.0. The van der Waals surface area contributed by atoms with E-state index in [4.69, 9.17) is 9.94 Å². The van der Waals surface area contributed by atoms with Crippen molar-refractivity contribution in [3.05, 3.63) is 70.1 Å². The first kappa shape index (κ1) is 11.9. The van der Waals surface area contributed by atoms with E-state index < -0.39 is 11.5 Å². The maximum atomic E-state index is 11.5. The number of hydrogen-bond acceptors (Lipinski definition) is 3. The molecule has 0 aliphatic heterocycles. The van der Waals surface area contributed by atoms with E-state index in [1.807, 2.05) is 30.3 Å². The van der Waals surface area contributed by atoms with Crippen LogP contribution in [-0.2, 0) is 6.61 Å². The van der Waals surface area contributed by atoms with Gasteiger partial charge in [-0.2, -0.15) is 4.73 Å². The van der Waals surface area contributed by atoms with E-state index in [9.17, 15) is 9.59 Å². The summed E-state index contributed by atoms with van der Waals surface area (Å²) < 4.78 is 0.927. The predicted octanol–water partition coefficient (Wildman–Crippen LogP) is 1.18. The van der Waals surface area contributed by atoms with Crippen LogP contribution in [-0.4, -0.2) is 15.8 Å². The number of carbonyl (C=O) groups is 1. The molecule has 0 bridgehead atoms. The summed E-state index contributed by atoms with van der Waals surface area (Å²) in [6.45, 7) is 0.198. The van der Waals surface area contributed by atoms with Crippen molar-refractivity contribution >= 4 is 5.97 Å². The highest BCUT2D eigenvalue weighted by Gasteiger charge is 2.05. The first-order valence-corrected chi connectivity index (χ1v) is 5.30. The van der Waals surface area contributed by atoms with Crippen molar-refractivity contribution in [3.8, 4) is 0 Å². The lowest BCUT2D eigenvalue weighted by Crippen LogP contribution is -2.26. The van der Waals surface area contributed by atoms with Crippen LogP contribution in [0.4, 0.5) is 0 Å². The molecule has 0 aliphatic rings. The minimum absolute atomic E-state index is 0.00246. The number of pyridine rings is 1. The molecule has 0 amide bonds. The summed E-state index contributed by atoms with van der Waals surface area (Å²) in [5.41, 5.74) is 0.490. The van der Waals surface area contributed by atoms with Crippen molar-refractivity contribution < 1.29 is 14.7 Å². The predicted molar refractivity (Wildman–Crippen MR) is 64.4 cm³/mol. The van der Waals surface area contributed by atoms with Crippen LogP contribution in [0.5, 0.6) is 0 Å². The molecule has 0 aliphatic carbocycles. The van der Waals surface area contributed by atoms with Gasteiger partial charge in [0.05, 0.1) is 11.8 Å². The van der Waals surface area contributed by atoms with Crippen LogP contribution >= 0.6 is 0 Å². The van der Waals surface area contributed by atoms with Gasteiger partial charge in [-0.3, -0.25) is 4.79 Å². The molecule has 1 N–H and O–H groups in total. The minimum atomic E-state index is -1.10. The van der Waals surface area contributed by atoms with Crippen LogP contribution in [0.1, 0.15) is 15.9 Å². The molecular weight excluding hydrogens is 234 g/mol. The SMILES string of the molecule is O=C(O)c1ccc(=O)n(OCc2ccccc2)c1. The van der Waals surface area contributed by atoms with E-state index in [0.29, 0.717) is 0 Å². The van der Waals surface area contributed by atoms with Crippen LogP contribution in [0, 0.1) is 0 Å². The Balaban J connectivity index is 2.16. The lowest BCUT2D eigenvalue weighted by molar-refractivity contribution is 0.0674. The lowest BCUT2D eigenvalue weighted by Gasteiger charge is -2.08. The molecule has 92 valence electrons. The molecule has 2 aromatic rings. The molecule has 5 heteroatoms. The lowest BCUT2D eigenvalue weighted by atomic mass is 10.2. The molecule has 1 aromatic heterocycles. The molecule has 1 heterocycles. The van der Waals surface area contributed by atoms with Gasteiger partial charge in [0.2, 0.25) is 0 Å².